The maximum atomic E-state index is 12.9. The molecule has 1 heterocycles. The zero-order valence-electron chi connectivity index (χ0n) is 20.8. The zero-order valence-corrected chi connectivity index (χ0v) is 21.7. The fraction of sp³-hybridized carbons (Fsp3) is 0.241. The molecule has 0 aliphatic carbocycles. The molecule has 0 amide bonds. The van der Waals surface area contributed by atoms with E-state index in [2.05, 4.69) is 22.4 Å². The Morgan fingerprint density at radius 2 is 1.69 bits per heavy atom. The molecule has 7 heteroatoms. The number of aromatic amines is 1. The quantitative estimate of drug-likeness (QED) is 0.316. The lowest BCUT2D eigenvalue weighted by atomic mass is 10.1. The van der Waals surface area contributed by atoms with Crippen molar-refractivity contribution < 1.29 is 9.47 Å². The number of ether oxygens (including phenoxy) is 2. The van der Waals surface area contributed by atoms with Crippen molar-refractivity contribution in [2.24, 2.45) is 0 Å². The molecule has 0 aliphatic rings. The monoisotopic (exact) mass is 501 g/mol. The molecule has 36 heavy (non-hydrogen) atoms. The molecule has 1 aromatic heterocycles. The van der Waals surface area contributed by atoms with Crippen LogP contribution in [0.15, 0.2) is 77.6 Å². The number of rotatable bonds is 9. The number of methoxy groups -OCH3 is 2. The number of thiocarbonyl (C=S) groups is 1. The lowest BCUT2D eigenvalue weighted by Gasteiger charge is -2.26. The summed E-state index contributed by atoms with van der Waals surface area (Å²) >= 11 is 5.79. The van der Waals surface area contributed by atoms with E-state index in [0.717, 1.165) is 34.0 Å². The van der Waals surface area contributed by atoms with Crippen LogP contribution in [0.1, 0.15) is 22.3 Å². The molecule has 4 rings (SSSR count). The molecule has 0 radical (unpaired) electrons. The maximum absolute atomic E-state index is 12.9. The largest absolute Gasteiger partial charge is 0.493 e. The summed E-state index contributed by atoms with van der Waals surface area (Å²) in [6.07, 6.45) is 0.760. The van der Waals surface area contributed by atoms with Crippen LogP contribution < -0.4 is 20.3 Å². The third kappa shape index (κ3) is 6.23. The van der Waals surface area contributed by atoms with Crippen LogP contribution in [0.2, 0.25) is 0 Å². The van der Waals surface area contributed by atoms with Crippen LogP contribution in [0.4, 0.5) is 0 Å². The number of fused-ring (bicyclic) bond motifs is 1. The summed E-state index contributed by atoms with van der Waals surface area (Å²) in [7, 11) is 3.26. The highest BCUT2D eigenvalue weighted by Crippen LogP contribution is 2.27. The van der Waals surface area contributed by atoms with Crippen molar-refractivity contribution in [2.75, 3.05) is 20.8 Å². The average molecular weight is 502 g/mol. The lowest BCUT2D eigenvalue weighted by Crippen LogP contribution is -2.40. The van der Waals surface area contributed by atoms with Crippen LogP contribution in [0.5, 0.6) is 11.5 Å². The number of aryl methyl sites for hydroxylation is 1. The first-order chi connectivity index (χ1) is 17.5. The van der Waals surface area contributed by atoms with Gasteiger partial charge in [-0.3, -0.25) is 4.79 Å². The highest BCUT2D eigenvalue weighted by molar-refractivity contribution is 7.80. The van der Waals surface area contributed by atoms with E-state index in [9.17, 15) is 4.79 Å². The van der Waals surface area contributed by atoms with Gasteiger partial charge in [0.15, 0.2) is 16.6 Å². The number of H-pyrrole nitrogens is 1. The Hall–Kier alpha value is -3.84. The molecule has 4 aromatic rings. The molecular weight excluding hydrogens is 470 g/mol. The van der Waals surface area contributed by atoms with Gasteiger partial charge in [0.05, 0.1) is 20.8 Å². The van der Waals surface area contributed by atoms with Crippen LogP contribution in [-0.4, -0.2) is 35.8 Å². The van der Waals surface area contributed by atoms with E-state index < -0.39 is 0 Å². The highest BCUT2D eigenvalue weighted by atomic mass is 32.1. The topological polar surface area (TPSA) is 66.6 Å². The first-order valence-electron chi connectivity index (χ1n) is 11.9. The van der Waals surface area contributed by atoms with Crippen molar-refractivity contribution in [1.82, 2.24) is 15.2 Å². The summed E-state index contributed by atoms with van der Waals surface area (Å²) in [5, 5.41) is 4.98. The summed E-state index contributed by atoms with van der Waals surface area (Å²) in [5.41, 5.74) is 4.75. The van der Waals surface area contributed by atoms with Crippen LogP contribution in [0.3, 0.4) is 0 Å². The molecule has 0 bridgehead atoms. The number of pyridine rings is 1. The van der Waals surface area contributed by atoms with E-state index in [4.69, 9.17) is 21.7 Å². The van der Waals surface area contributed by atoms with Gasteiger partial charge >= 0.3 is 0 Å². The highest BCUT2D eigenvalue weighted by Gasteiger charge is 2.14. The molecule has 0 unspecified atom stereocenters. The molecule has 3 aromatic carbocycles. The molecule has 6 nitrogen and oxygen atoms in total. The maximum Gasteiger partial charge on any atom is 0.253 e. The van der Waals surface area contributed by atoms with Gasteiger partial charge in [0, 0.05) is 24.2 Å². The van der Waals surface area contributed by atoms with Gasteiger partial charge in [-0.05, 0) is 71.9 Å². The van der Waals surface area contributed by atoms with E-state index in [1.165, 1.54) is 0 Å². The van der Waals surface area contributed by atoms with E-state index in [1.54, 1.807) is 14.2 Å². The van der Waals surface area contributed by atoms with Crippen molar-refractivity contribution in [3.05, 3.63) is 105 Å². The molecule has 2 N–H and O–H groups in total. The summed E-state index contributed by atoms with van der Waals surface area (Å²) in [5.74, 6) is 1.41. The summed E-state index contributed by atoms with van der Waals surface area (Å²) in [4.78, 5) is 18.0. The van der Waals surface area contributed by atoms with Crippen LogP contribution >= 0.6 is 12.2 Å². The van der Waals surface area contributed by atoms with Crippen molar-refractivity contribution in [3.8, 4) is 11.5 Å². The van der Waals surface area contributed by atoms with Gasteiger partial charge in [-0.1, -0.05) is 48.5 Å². The Morgan fingerprint density at radius 1 is 0.917 bits per heavy atom. The van der Waals surface area contributed by atoms with Crippen LogP contribution in [-0.2, 0) is 19.5 Å². The van der Waals surface area contributed by atoms with Crippen molar-refractivity contribution in [3.63, 3.8) is 0 Å². The number of hydrogen-bond acceptors (Lipinski definition) is 4. The fourth-order valence-corrected chi connectivity index (χ4v) is 4.38. The van der Waals surface area contributed by atoms with Gasteiger partial charge in [-0.15, -0.1) is 0 Å². The van der Waals surface area contributed by atoms with Crippen molar-refractivity contribution >= 4 is 28.2 Å². The Kier molecular flexibility index (Phi) is 8.23. The second-order valence-corrected chi connectivity index (χ2v) is 9.11. The van der Waals surface area contributed by atoms with Gasteiger partial charge < -0.3 is 24.7 Å². The van der Waals surface area contributed by atoms with Gasteiger partial charge in [-0.2, -0.15) is 0 Å². The molecule has 0 fully saturated rings. The first-order valence-corrected chi connectivity index (χ1v) is 12.3. The third-order valence-electron chi connectivity index (χ3n) is 6.08. The van der Waals surface area contributed by atoms with E-state index >= 15 is 0 Å². The summed E-state index contributed by atoms with van der Waals surface area (Å²) in [6.45, 7) is 3.65. The third-order valence-corrected chi connectivity index (χ3v) is 6.48. The number of aromatic nitrogens is 1. The van der Waals surface area contributed by atoms with Gasteiger partial charge in [-0.25, -0.2) is 0 Å². The molecule has 0 aliphatic heterocycles. The molecule has 0 atom stereocenters. The Morgan fingerprint density at radius 3 is 2.44 bits per heavy atom. The van der Waals surface area contributed by atoms with Gasteiger partial charge in [0.1, 0.15) is 0 Å². The minimum Gasteiger partial charge on any atom is -0.493 e. The summed E-state index contributed by atoms with van der Waals surface area (Å²) < 4.78 is 10.7. The van der Waals surface area contributed by atoms with E-state index in [0.29, 0.717) is 41.8 Å². The van der Waals surface area contributed by atoms with Crippen LogP contribution in [0.25, 0.3) is 10.9 Å². The van der Waals surface area contributed by atoms with Crippen molar-refractivity contribution in [2.45, 2.75) is 26.4 Å². The normalized spacial score (nSPS) is 10.8. The SMILES string of the molecule is COc1ccc(CCNC(=S)N(Cc2ccccc2)Cc2cc3ccc(C)cc3[nH]c2=O)cc1OC. The number of hydrogen-bond donors (Lipinski definition) is 2. The molecule has 0 saturated heterocycles. The number of nitrogens with zero attached hydrogens (tertiary/aromatic N) is 1. The zero-order chi connectivity index (χ0) is 25.5. The van der Waals surface area contributed by atoms with E-state index in [-0.39, 0.29) is 5.56 Å². The predicted molar refractivity (Wildman–Crippen MR) is 149 cm³/mol. The summed E-state index contributed by atoms with van der Waals surface area (Å²) in [6, 6.07) is 24.0. The van der Waals surface area contributed by atoms with Crippen molar-refractivity contribution in [1.29, 1.82) is 0 Å². The van der Waals surface area contributed by atoms with E-state index in [1.807, 2.05) is 72.5 Å². The Bertz CT molecular complexity index is 1400. The van der Waals surface area contributed by atoms with Crippen LogP contribution in [0, 0.1) is 6.92 Å². The molecular formula is C29H31N3O3S. The minimum absolute atomic E-state index is 0.0979. The Labute approximate surface area is 216 Å². The van der Waals surface area contributed by atoms with Gasteiger partial charge in [0.25, 0.3) is 5.56 Å². The Balaban J connectivity index is 1.50. The molecule has 0 spiro atoms. The first kappa shape index (κ1) is 25.3. The smallest absolute Gasteiger partial charge is 0.253 e. The second-order valence-electron chi connectivity index (χ2n) is 8.73. The standard InChI is InChI=1S/C29H31N3O3S/c1-20-9-11-23-17-24(28(33)31-25(23)15-20)19-32(18-22-7-5-4-6-8-22)29(36)30-14-13-21-10-12-26(34-2)27(16-21)35-3/h4-12,15-17H,13-14,18-19H2,1-3H3,(H,30,36)(H,31,33). The molecule has 0 saturated carbocycles. The minimum atomic E-state index is -0.0979. The van der Waals surface area contributed by atoms with Gasteiger partial charge in [0.2, 0.25) is 0 Å². The average Bonchev–Trinajstić information content (AvgIpc) is 2.89. The number of nitrogens with one attached hydrogen (secondary N) is 2. The fourth-order valence-electron chi connectivity index (χ4n) is 4.15. The second kappa shape index (κ2) is 11.7. The number of benzene rings is 3. The predicted octanol–water partition coefficient (Wildman–Crippen LogP) is 4.97. The molecule has 186 valence electrons. The lowest BCUT2D eigenvalue weighted by molar-refractivity contribution is 0.354.